The van der Waals surface area contributed by atoms with Crippen molar-refractivity contribution in [2.75, 3.05) is 24.1 Å². The lowest BCUT2D eigenvalue weighted by Crippen LogP contribution is -2.34. The number of anilines is 2. The minimum atomic E-state index is 0.0978. The maximum absolute atomic E-state index is 12.0. The normalized spacial score (nSPS) is 25.1. The molecule has 4 heteroatoms. The highest BCUT2D eigenvalue weighted by atomic mass is 16.1. The van der Waals surface area contributed by atoms with Crippen LogP contribution in [-0.4, -0.2) is 29.9 Å². The molecule has 1 saturated heterocycles. The smallest absolute Gasteiger partial charge is 0.225 e. The van der Waals surface area contributed by atoms with Crippen LogP contribution in [0.5, 0.6) is 0 Å². The van der Waals surface area contributed by atoms with Gasteiger partial charge in [-0.15, -0.1) is 0 Å². The van der Waals surface area contributed by atoms with Crippen LogP contribution in [-0.2, 0) is 4.79 Å². The summed E-state index contributed by atoms with van der Waals surface area (Å²) < 4.78 is 0. The predicted octanol–water partition coefficient (Wildman–Crippen LogP) is 2.39. The van der Waals surface area contributed by atoms with Crippen LogP contribution >= 0.6 is 0 Å². The molecule has 4 nitrogen and oxygen atoms in total. The van der Waals surface area contributed by atoms with Crippen molar-refractivity contribution in [1.82, 2.24) is 4.90 Å². The van der Waals surface area contributed by atoms with Gasteiger partial charge in [-0.1, -0.05) is 0 Å². The van der Waals surface area contributed by atoms with Gasteiger partial charge in [0.05, 0.1) is 0 Å². The molecular weight excluding hydrogens is 250 g/mol. The molecule has 0 radical (unpaired) electrons. The van der Waals surface area contributed by atoms with Gasteiger partial charge in [-0.2, -0.15) is 0 Å². The van der Waals surface area contributed by atoms with Gasteiger partial charge in [-0.05, 0) is 55.9 Å². The van der Waals surface area contributed by atoms with Gasteiger partial charge in [-0.3, -0.25) is 9.69 Å². The van der Waals surface area contributed by atoms with Crippen molar-refractivity contribution in [1.29, 1.82) is 0 Å². The summed E-state index contributed by atoms with van der Waals surface area (Å²) in [6.45, 7) is 4.05. The number of benzene rings is 1. The van der Waals surface area contributed by atoms with E-state index in [4.69, 9.17) is 5.73 Å². The maximum atomic E-state index is 12.0. The van der Waals surface area contributed by atoms with Crippen LogP contribution < -0.4 is 11.1 Å². The van der Waals surface area contributed by atoms with E-state index in [-0.39, 0.29) is 5.91 Å². The molecule has 2 aliphatic rings. The van der Waals surface area contributed by atoms with Crippen LogP contribution in [0, 0.1) is 12.8 Å². The molecule has 2 bridgehead atoms. The van der Waals surface area contributed by atoms with Gasteiger partial charge in [-0.25, -0.2) is 0 Å². The van der Waals surface area contributed by atoms with Crippen molar-refractivity contribution in [2.24, 2.45) is 5.92 Å². The molecule has 1 heterocycles. The highest BCUT2D eigenvalue weighted by Crippen LogP contribution is 2.37. The number of amides is 1. The molecule has 1 aliphatic carbocycles. The van der Waals surface area contributed by atoms with Crippen LogP contribution in [0.3, 0.4) is 0 Å². The van der Waals surface area contributed by atoms with Crippen LogP contribution in [0.4, 0.5) is 11.4 Å². The van der Waals surface area contributed by atoms with Crippen molar-refractivity contribution in [3.63, 3.8) is 0 Å². The second-order valence-corrected chi connectivity index (χ2v) is 6.20. The SMILES string of the molecule is Cc1cc(N)ccc1NC(=O)CCN1CC2CCC1C2. The fourth-order valence-corrected chi connectivity index (χ4v) is 3.59. The summed E-state index contributed by atoms with van der Waals surface area (Å²) in [5.74, 6) is 0.989. The fraction of sp³-hybridized carbons (Fsp3) is 0.562. The number of hydrogen-bond acceptors (Lipinski definition) is 3. The summed E-state index contributed by atoms with van der Waals surface area (Å²) in [6.07, 6.45) is 4.63. The van der Waals surface area contributed by atoms with E-state index in [0.717, 1.165) is 35.4 Å². The van der Waals surface area contributed by atoms with E-state index >= 15 is 0 Å². The highest BCUT2D eigenvalue weighted by molar-refractivity contribution is 5.91. The zero-order valence-corrected chi connectivity index (χ0v) is 12.1. The number of carbonyl (C=O) groups excluding carboxylic acids is 1. The third kappa shape index (κ3) is 2.80. The molecule has 3 rings (SSSR count). The monoisotopic (exact) mass is 273 g/mol. The van der Waals surface area contributed by atoms with Crippen molar-refractivity contribution >= 4 is 17.3 Å². The van der Waals surface area contributed by atoms with Crippen molar-refractivity contribution < 1.29 is 4.79 Å². The molecule has 0 aromatic heterocycles. The van der Waals surface area contributed by atoms with E-state index in [1.165, 1.54) is 25.8 Å². The number of likely N-dealkylation sites (tertiary alicyclic amines) is 1. The van der Waals surface area contributed by atoms with Gasteiger partial charge in [0, 0.05) is 36.9 Å². The molecule has 3 N–H and O–H groups in total. The average Bonchev–Trinajstić information content (AvgIpc) is 3.02. The summed E-state index contributed by atoms with van der Waals surface area (Å²) in [5, 5.41) is 2.98. The molecule has 2 atom stereocenters. The van der Waals surface area contributed by atoms with Gasteiger partial charge in [0.1, 0.15) is 0 Å². The molecule has 2 fully saturated rings. The maximum Gasteiger partial charge on any atom is 0.225 e. The first-order chi connectivity index (χ1) is 9.61. The first-order valence-electron chi connectivity index (χ1n) is 7.52. The molecule has 1 aromatic carbocycles. The number of nitrogens with two attached hydrogens (primary N) is 1. The number of rotatable bonds is 4. The summed E-state index contributed by atoms with van der Waals surface area (Å²) in [5.41, 5.74) is 8.33. The standard InChI is InChI=1S/C16H23N3O/c1-11-8-13(17)3-5-15(11)18-16(20)6-7-19-10-12-2-4-14(19)9-12/h3,5,8,12,14H,2,4,6-7,9-10,17H2,1H3,(H,18,20). The molecule has 2 unspecified atom stereocenters. The Bertz CT molecular complexity index is 514. The molecule has 108 valence electrons. The quantitative estimate of drug-likeness (QED) is 0.828. The number of piperidine rings is 1. The summed E-state index contributed by atoms with van der Waals surface area (Å²) in [4.78, 5) is 14.5. The highest BCUT2D eigenvalue weighted by Gasteiger charge is 2.37. The molecule has 1 aromatic rings. The first kappa shape index (κ1) is 13.4. The van der Waals surface area contributed by atoms with E-state index in [9.17, 15) is 4.79 Å². The second kappa shape index (κ2) is 5.44. The van der Waals surface area contributed by atoms with Gasteiger partial charge in [0.2, 0.25) is 5.91 Å². The lowest BCUT2D eigenvalue weighted by atomic mass is 10.1. The van der Waals surface area contributed by atoms with E-state index in [2.05, 4.69) is 10.2 Å². The number of nitrogens with one attached hydrogen (secondary N) is 1. The number of aryl methyl sites for hydroxylation is 1. The molecule has 1 aliphatic heterocycles. The van der Waals surface area contributed by atoms with Gasteiger partial charge < -0.3 is 11.1 Å². The Morgan fingerprint density at radius 3 is 2.95 bits per heavy atom. The van der Waals surface area contributed by atoms with Crippen molar-refractivity contribution in [3.8, 4) is 0 Å². The molecular formula is C16H23N3O. The topological polar surface area (TPSA) is 58.4 Å². The zero-order chi connectivity index (χ0) is 14.1. The van der Waals surface area contributed by atoms with E-state index < -0.39 is 0 Å². The Morgan fingerprint density at radius 1 is 1.45 bits per heavy atom. The third-order valence-electron chi connectivity index (χ3n) is 4.67. The third-order valence-corrected chi connectivity index (χ3v) is 4.67. The number of fused-ring (bicyclic) bond motifs is 2. The lowest BCUT2D eigenvalue weighted by Gasteiger charge is -2.26. The number of carbonyl (C=O) groups is 1. The Balaban J connectivity index is 1.50. The van der Waals surface area contributed by atoms with Crippen LogP contribution in [0.25, 0.3) is 0 Å². The summed E-state index contributed by atoms with van der Waals surface area (Å²) >= 11 is 0. The van der Waals surface area contributed by atoms with E-state index in [1.807, 2.05) is 25.1 Å². The number of hydrogen-bond donors (Lipinski definition) is 2. The zero-order valence-electron chi connectivity index (χ0n) is 12.1. The van der Waals surface area contributed by atoms with Crippen LogP contribution in [0.1, 0.15) is 31.2 Å². The molecule has 0 spiro atoms. The second-order valence-electron chi connectivity index (χ2n) is 6.20. The summed E-state index contributed by atoms with van der Waals surface area (Å²) in [7, 11) is 0. The average molecular weight is 273 g/mol. The number of nitrogen functional groups attached to an aromatic ring is 1. The van der Waals surface area contributed by atoms with Crippen LogP contribution in [0.15, 0.2) is 18.2 Å². The van der Waals surface area contributed by atoms with Gasteiger partial charge in [0.25, 0.3) is 0 Å². The Kier molecular flexibility index (Phi) is 3.66. The van der Waals surface area contributed by atoms with Crippen molar-refractivity contribution in [3.05, 3.63) is 23.8 Å². The summed E-state index contributed by atoms with van der Waals surface area (Å²) in [6, 6.07) is 6.32. The molecule has 20 heavy (non-hydrogen) atoms. The fourth-order valence-electron chi connectivity index (χ4n) is 3.59. The lowest BCUT2D eigenvalue weighted by molar-refractivity contribution is -0.116. The number of nitrogens with zero attached hydrogens (tertiary/aromatic N) is 1. The first-order valence-corrected chi connectivity index (χ1v) is 7.52. The minimum absolute atomic E-state index is 0.0978. The van der Waals surface area contributed by atoms with Gasteiger partial charge in [0.15, 0.2) is 0 Å². The van der Waals surface area contributed by atoms with Gasteiger partial charge >= 0.3 is 0 Å². The largest absolute Gasteiger partial charge is 0.399 e. The van der Waals surface area contributed by atoms with Crippen molar-refractivity contribution in [2.45, 2.75) is 38.6 Å². The molecule has 1 saturated carbocycles. The van der Waals surface area contributed by atoms with E-state index in [1.54, 1.807) is 0 Å². The predicted molar refractivity (Wildman–Crippen MR) is 81.5 cm³/mol. The molecule has 1 amide bonds. The Labute approximate surface area is 120 Å². The Hall–Kier alpha value is -1.55. The van der Waals surface area contributed by atoms with Crippen LogP contribution in [0.2, 0.25) is 0 Å². The Morgan fingerprint density at radius 2 is 2.30 bits per heavy atom. The minimum Gasteiger partial charge on any atom is -0.399 e. The van der Waals surface area contributed by atoms with E-state index in [0.29, 0.717) is 6.42 Å².